The zero-order valence-electron chi connectivity index (χ0n) is 7.08. The molecule has 1 unspecified atom stereocenters. The summed E-state index contributed by atoms with van der Waals surface area (Å²) in [5.41, 5.74) is 0. The van der Waals surface area contributed by atoms with Gasteiger partial charge in [0, 0.05) is 6.42 Å². The van der Waals surface area contributed by atoms with E-state index in [0.717, 1.165) is 12.2 Å². The minimum absolute atomic E-state index is 0.246. The minimum Gasteiger partial charge on any atom is -0.491 e. The van der Waals surface area contributed by atoms with Crippen LogP contribution in [0.3, 0.4) is 0 Å². The number of hydrogen-bond acceptors (Lipinski definition) is 1. The van der Waals surface area contributed by atoms with Crippen LogP contribution in [-0.4, -0.2) is 6.10 Å². The lowest BCUT2D eigenvalue weighted by molar-refractivity contribution is 0.157. The second-order valence-corrected chi connectivity index (χ2v) is 2.60. The van der Waals surface area contributed by atoms with Crippen LogP contribution < -0.4 is 0 Å². The maximum atomic E-state index is 5.56. The molecule has 0 aromatic rings. The van der Waals surface area contributed by atoms with Crippen molar-refractivity contribution in [1.29, 1.82) is 0 Å². The lowest BCUT2D eigenvalue weighted by atomic mass is 10.1. The molecule has 1 rings (SSSR count). The molecular formula is C10H14O. The molecule has 1 atom stereocenters. The van der Waals surface area contributed by atoms with E-state index in [9.17, 15) is 0 Å². The van der Waals surface area contributed by atoms with E-state index >= 15 is 0 Å². The van der Waals surface area contributed by atoms with Crippen LogP contribution in [-0.2, 0) is 4.74 Å². The average molecular weight is 150 g/mol. The summed E-state index contributed by atoms with van der Waals surface area (Å²) in [5.74, 6) is 0.995. The van der Waals surface area contributed by atoms with Gasteiger partial charge in [0.25, 0.3) is 0 Å². The molecule has 0 radical (unpaired) electrons. The summed E-state index contributed by atoms with van der Waals surface area (Å²) in [6, 6.07) is 0. The molecule has 0 N–H and O–H groups in total. The van der Waals surface area contributed by atoms with Gasteiger partial charge in [-0.25, -0.2) is 0 Å². The van der Waals surface area contributed by atoms with Crippen LogP contribution in [0, 0.1) is 0 Å². The molecule has 1 aliphatic rings. The van der Waals surface area contributed by atoms with Gasteiger partial charge in [-0.1, -0.05) is 18.2 Å². The molecule has 1 aliphatic carbocycles. The first-order valence-electron chi connectivity index (χ1n) is 3.96. The first-order chi connectivity index (χ1) is 5.33. The van der Waals surface area contributed by atoms with Crippen molar-refractivity contribution in [3.05, 3.63) is 36.1 Å². The van der Waals surface area contributed by atoms with Crippen molar-refractivity contribution in [3.8, 4) is 0 Å². The van der Waals surface area contributed by atoms with Crippen molar-refractivity contribution in [2.24, 2.45) is 0 Å². The maximum absolute atomic E-state index is 5.56. The van der Waals surface area contributed by atoms with Crippen LogP contribution in [0.4, 0.5) is 0 Å². The Hall–Kier alpha value is -0.980. The highest BCUT2D eigenvalue weighted by molar-refractivity contribution is 5.12. The predicted octanol–water partition coefficient (Wildman–Crippen LogP) is 2.81. The predicted molar refractivity (Wildman–Crippen MR) is 47.2 cm³/mol. The molecular weight excluding hydrogens is 136 g/mol. The lowest BCUT2D eigenvalue weighted by Gasteiger charge is -2.15. The van der Waals surface area contributed by atoms with Gasteiger partial charge in [-0.3, -0.25) is 0 Å². The van der Waals surface area contributed by atoms with Gasteiger partial charge in [0.2, 0.25) is 0 Å². The highest BCUT2D eigenvalue weighted by Gasteiger charge is 2.04. The monoisotopic (exact) mass is 150 g/mol. The van der Waals surface area contributed by atoms with Gasteiger partial charge < -0.3 is 4.74 Å². The van der Waals surface area contributed by atoms with Crippen molar-refractivity contribution >= 4 is 0 Å². The fourth-order valence-electron chi connectivity index (χ4n) is 0.952. The molecule has 0 spiro atoms. The SMILES string of the molecule is CC=C(C)OC1C=CC=CC1. The molecule has 0 aromatic heterocycles. The summed E-state index contributed by atoms with van der Waals surface area (Å²) in [4.78, 5) is 0. The van der Waals surface area contributed by atoms with Gasteiger partial charge >= 0.3 is 0 Å². The molecule has 0 aromatic carbocycles. The van der Waals surface area contributed by atoms with Gasteiger partial charge in [0.15, 0.2) is 0 Å². The molecule has 0 fully saturated rings. The van der Waals surface area contributed by atoms with E-state index in [0.29, 0.717) is 0 Å². The van der Waals surface area contributed by atoms with E-state index < -0.39 is 0 Å². The van der Waals surface area contributed by atoms with Crippen LogP contribution in [0.2, 0.25) is 0 Å². The zero-order chi connectivity index (χ0) is 8.10. The zero-order valence-corrected chi connectivity index (χ0v) is 7.08. The molecule has 0 saturated carbocycles. The molecule has 0 heterocycles. The van der Waals surface area contributed by atoms with Crippen LogP contribution in [0.15, 0.2) is 36.1 Å². The van der Waals surface area contributed by atoms with Crippen molar-refractivity contribution in [2.75, 3.05) is 0 Å². The highest BCUT2D eigenvalue weighted by Crippen LogP contribution is 2.11. The maximum Gasteiger partial charge on any atom is 0.120 e. The summed E-state index contributed by atoms with van der Waals surface area (Å²) in [6.45, 7) is 3.96. The minimum atomic E-state index is 0.246. The standard InChI is InChI=1S/C10H14O/c1-3-9(2)11-10-7-5-4-6-8-10/h3-7,10H,8H2,1-2H3. The van der Waals surface area contributed by atoms with Gasteiger partial charge in [-0.2, -0.15) is 0 Å². The fourth-order valence-corrected chi connectivity index (χ4v) is 0.952. The van der Waals surface area contributed by atoms with Crippen LogP contribution >= 0.6 is 0 Å². The van der Waals surface area contributed by atoms with E-state index in [1.165, 1.54) is 0 Å². The third-order valence-electron chi connectivity index (χ3n) is 1.69. The van der Waals surface area contributed by atoms with Crippen molar-refractivity contribution < 1.29 is 4.74 Å². The largest absolute Gasteiger partial charge is 0.491 e. The number of ether oxygens (including phenoxy) is 1. The first kappa shape index (κ1) is 8.12. The normalized spacial score (nSPS) is 23.8. The van der Waals surface area contributed by atoms with E-state index in [1.807, 2.05) is 32.1 Å². The Bertz CT molecular complexity index is 199. The summed E-state index contributed by atoms with van der Waals surface area (Å²) in [7, 11) is 0. The highest BCUT2D eigenvalue weighted by atomic mass is 16.5. The molecule has 0 saturated heterocycles. The van der Waals surface area contributed by atoms with Gasteiger partial charge in [0.1, 0.15) is 6.10 Å². The molecule has 11 heavy (non-hydrogen) atoms. The Morgan fingerprint density at radius 2 is 2.36 bits per heavy atom. The van der Waals surface area contributed by atoms with Gasteiger partial charge in [-0.05, 0) is 26.0 Å². The molecule has 0 bridgehead atoms. The molecule has 0 amide bonds. The Balaban J connectivity index is 2.39. The lowest BCUT2D eigenvalue weighted by Crippen LogP contribution is -2.08. The Labute approximate surface area is 68.1 Å². The van der Waals surface area contributed by atoms with E-state index in [2.05, 4.69) is 12.2 Å². The Morgan fingerprint density at radius 3 is 2.91 bits per heavy atom. The van der Waals surface area contributed by atoms with E-state index in [1.54, 1.807) is 0 Å². The van der Waals surface area contributed by atoms with Crippen molar-refractivity contribution in [2.45, 2.75) is 26.4 Å². The number of rotatable bonds is 2. The van der Waals surface area contributed by atoms with E-state index in [-0.39, 0.29) is 6.10 Å². The van der Waals surface area contributed by atoms with Gasteiger partial charge in [0.05, 0.1) is 5.76 Å². The van der Waals surface area contributed by atoms with Crippen molar-refractivity contribution in [3.63, 3.8) is 0 Å². The second-order valence-electron chi connectivity index (χ2n) is 2.60. The third kappa shape index (κ3) is 2.62. The fraction of sp³-hybridized carbons (Fsp3) is 0.400. The van der Waals surface area contributed by atoms with Crippen LogP contribution in [0.25, 0.3) is 0 Å². The first-order valence-corrected chi connectivity index (χ1v) is 3.96. The smallest absolute Gasteiger partial charge is 0.120 e. The third-order valence-corrected chi connectivity index (χ3v) is 1.69. The number of hydrogen-bond donors (Lipinski definition) is 0. The molecule has 60 valence electrons. The number of allylic oxidation sites excluding steroid dienone is 4. The average Bonchev–Trinajstić information content (AvgIpc) is 2.06. The summed E-state index contributed by atoms with van der Waals surface area (Å²) >= 11 is 0. The Morgan fingerprint density at radius 1 is 1.55 bits per heavy atom. The quantitative estimate of drug-likeness (QED) is 0.550. The van der Waals surface area contributed by atoms with Crippen molar-refractivity contribution in [1.82, 2.24) is 0 Å². The van der Waals surface area contributed by atoms with Crippen LogP contribution in [0.5, 0.6) is 0 Å². The molecule has 1 nitrogen and oxygen atoms in total. The summed E-state index contributed by atoms with van der Waals surface area (Å²) < 4.78 is 5.56. The Kier molecular flexibility index (Phi) is 2.96. The van der Waals surface area contributed by atoms with E-state index in [4.69, 9.17) is 4.74 Å². The topological polar surface area (TPSA) is 9.23 Å². The summed E-state index contributed by atoms with van der Waals surface area (Å²) in [6.07, 6.45) is 11.5. The second kappa shape index (κ2) is 4.02. The van der Waals surface area contributed by atoms with Gasteiger partial charge in [-0.15, -0.1) is 0 Å². The molecule has 0 aliphatic heterocycles. The summed E-state index contributed by atoms with van der Waals surface area (Å²) in [5, 5.41) is 0. The van der Waals surface area contributed by atoms with Crippen LogP contribution in [0.1, 0.15) is 20.3 Å². The molecule has 1 heteroatoms.